The molecule has 2 heterocycles. The molecule has 1 aliphatic rings. The molecule has 0 bridgehead atoms. The monoisotopic (exact) mass is 263 g/mol. The molecule has 1 aromatic heterocycles. The van der Waals surface area contributed by atoms with Crippen LogP contribution in [0.3, 0.4) is 0 Å². The average molecular weight is 263 g/mol. The van der Waals surface area contributed by atoms with Crippen molar-refractivity contribution >= 4 is 11.8 Å². The van der Waals surface area contributed by atoms with E-state index in [-0.39, 0.29) is 5.84 Å². The number of rotatable bonds is 3. The Hall–Kier alpha value is -1.85. The molecule has 1 fully saturated rings. The van der Waals surface area contributed by atoms with Gasteiger partial charge in [-0.3, -0.25) is 0 Å². The molecular weight excluding hydrogens is 242 g/mol. The van der Waals surface area contributed by atoms with E-state index in [1.807, 2.05) is 6.92 Å². The van der Waals surface area contributed by atoms with Crippen LogP contribution in [0, 0.1) is 12.8 Å². The third-order valence-electron chi connectivity index (χ3n) is 3.69. The summed E-state index contributed by atoms with van der Waals surface area (Å²) < 4.78 is 0. The van der Waals surface area contributed by atoms with Crippen LogP contribution >= 0.6 is 0 Å². The number of nitrogens with two attached hydrogens (primary N) is 1. The normalized spacial score (nSPS) is 17.8. The molecule has 1 aliphatic heterocycles. The Morgan fingerprint density at radius 2 is 2.16 bits per heavy atom. The summed E-state index contributed by atoms with van der Waals surface area (Å²) in [4.78, 5) is 11.0. The van der Waals surface area contributed by atoms with E-state index >= 15 is 0 Å². The number of oxime groups is 1. The Balaban J connectivity index is 2.19. The molecular formula is C13H21N5O. The molecule has 0 atom stereocenters. The molecule has 104 valence electrons. The Kier molecular flexibility index (Phi) is 4.19. The van der Waals surface area contributed by atoms with E-state index in [1.54, 1.807) is 6.07 Å². The molecule has 0 radical (unpaired) electrons. The van der Waals surface area contributed by atoms with Crippen molar-refractivity contribution in [1.82, 2.24) is 9.97 Å². The molecule has 6 heteroatoms. The fourth-order valence-corrected chi connectivity index (χ4v) is 2.42. The van der Waals surface area contributed by atoms with Crippen molar-refractivity contribution in [3.05, 3.63) is 17.5 Å². The van der Waals surface area contributed by atoms with Gasteiger partial charge < -0.3 is 15.8 Å². The minimum absolute atomic E-state index is 0.0233. The Morgan fingerprint density at radius 1 is 1.47 bits per heavy atom. The van der Waals surface area contributed by atoms with Crippen LogP contribution in [0.25, 0.3) is 0 Å². The molecule has 6 nitrogen and oxygen atoms in total. The Morgan fingerprint density at radius 3 is 2.74 bits per heavy atom. The summed E-state index contributed by atoms with van der Waals surface area (Å²) in [7, 11) is 0. The van der Waals surface area contributed by atoms with Gasteiger partial charge in [0.15, 0.2) is 5.84 Å². The number of amidine groups is 1. The standard InChI is InChI=1S/C13H21N5O/c1-3-10-4-6-18(7-5-10)13-15-9(2)8-11(16-13)12(14)17-19/h8,10,19H,3-7H2,1-2H3,(H2,14,17). The summed E-state index contributed by atoms with van der Waals surface area (Å²) in [5.74, 6) is 1.51. The lowest BCUT2D eigenvalue weighted by molar-refractivity contribution is 0.318. The van der Waals surface area contributed by atoms with Gasteiger partial charge in [0, 0.05) is 18.8 Å². The maximum atomic E-state index is 8.74. The summed E-state index contributed by atoms with van der Waals surface area (Å²) in [6.07, 6.45) is 3.58. The van der Waals surface area contributed by atoms with Crippen LogP contribution in [0.1, 0.15) is 37.6 Å². The largest absolute Gasteiger partial charge is 0.409 e. The van der Waals surface area contributed by atoms with Gasteiger partial charge in [0.25, 0.3) is 0 Å². The first-order chi connectivity index (χ1) is 9.13. The summed E-state index contributed by atoms with van der Waals surface area (Å²) in [6, 6.07) is 1.72. The highest BCUT2D eigenvalue weighted by Gasteiger charge is 2.20. The first-order valence-electron chi connectivity index (χ1n) is 6.72. The molecule has 0 amide bonds. The maximum Gasteiger partial charge on any atom is 0.226 e. The summed E-state index contributed by atoms with van der Waals surface area (Å²) in [5.41, 5.74) is 6.89. The van der Waals surface area contributed by atoms with E-state index in [2.05, 4.69) is 26.9 Å². The minimum atomic E-state index is 0.0233. The maximum absolute atomic E-state index is 8.74. The van der Waals surface area contributed by atoms with Crippen LogP contribution in [-0.4, -0.2) is 34.1 Å². The predicted molar refractivity (Wildman–Crippen MR) is 74.5 cm³/mol. The lowest BCUT2D eigenvalue weighted by Gasteiger charge is -2.31. The van der Waals surface area contributed by atoms with Crippen molar-refractivity contribution in [3.8, 4) is 0 Å². The van der Waals surface area contributed by atoms with Gasteiger partial charge in [0.2, 0.25) is 5.95 Å². The van der Waals surface area contributed by atoms with Gasteiger partial charge >= 0.3 is 0 Å². The second-order valence-corrected chi connectivity index (χ2v) is 5.02. The number of piperidine rings is 1. The van der Waals surface area contributed by atoms with Crippen LogP contribution in [-0.2, 0) is 0 Å². The molecule has 0 spiro atoms. The lowest BCUT2D eigenvalue weighted by atomic mass is 9.95. The zero-order valence-corrected chi connectivity index (χ0v) is 11.5. The molecule has 0 aliphatic carbocycles. The third-order valence-corrected chi connectivity index (χ3v) is 3.69. The van der Waals surface area contributed by atoms with E-state index in [0.29, 0.717) is 11.6 Å². The molecule has 2 rings (SSSR count). The summed E-state index contributed by atoms with van der Waals surface area (Å²) in [5, 5.41) is 11.7. The van der Waals surface area contributed by atoms with Crippen molar-refractivity contribution in [2.45, 2.75) is 33.1 Å². The highest BCUT2D eigenvalue weighted by molar-refractivity contribution is 5.95. The number of aromatic nitrogens is 2. The zero-order valence-electron chi connectivity index (χ0n) is 11.5. The predicted octanol–water partition coefficient (Wildman–Crippen LogP) is 1.51. The molecule has 0 aromatic carbocycles. The van der Waals surface area contributed by atoms with E-state index in [1.165, 1.54) is 19.3 Å². The van der Waals surface area contributed by atoms with Crippen LogP contribution in [0.5, 0.6) is 0 Å². The Labute approximate surface area is 113 Å². The van der Waals surface area contributed by atoms with Crippen molar-refractivity contribution in [1.29, 1.82) is 0 Å². The van der Waals surface area contributed by atoms with Crippen LogP contribution in [0.2, 0.25) is 0 Å². The summed E-state index contributed by atoms with van der Waals surface area (Å²) in [6.45, 7) is 6.06. The van der Waals surface area contributed by atoms with Gasteiger partial charge in [-0.2, -0.15) is 0 Å². The van der Waals surface area contributed by atoms with Crippen molar-refractivity contribution < 1.29 is 5.21 Å². The number of nitrogens with zero attached hydrogens (tertiary/aromatic N) is 4. The number of aryl methyl sites for hydroxylation is 1. The molecule has 3 N–H and O–H groups in total. The van der Waals surface area contributed by atoms with Gasteiger partial charge in [0.1, 0.15) is 5.69 Å². The van der Waals surface area contributed by atoms with E-state index in [9.17, 15) is 0 Å². The fourth-order valence-electron chi connectivity index (χ4n) is 2.42. The van der Waals surface area contributed by atoms with Crippen LogP contribution in [0.15, 0.2) is 11.2 Å². The van der Waals surface area contributed by atoms with Crippen LogP contribution < -0.4 is 10.6 Å². The first-order valence-corrected chi connectivity index (χ1v) is 6.72. The SMILES string of the molecule is CCC1CCN(c2nc(C)cc(/C(N)=N/O)n2)CC1. The molecule has 1 aromatic rings. The molecule has 0 unspecified atom stereocenters. The first kappa shape index (κ1) is 13.6. The van der Waals surface area contributed by atoms with Crippen molar-refractivity contribution in [3.63, 3.8) is 0 Å². The van der Waals surface area contributed by atoms with Gasteiger partial charge in [-0.1, -0.05) is 18.5 Å². The smallest absolute Gasteiger partial charge is 0.226 e. The van der Waals surface area contributed by atoms with E-state index in [0.717, 1.165) is 24.7 Å². The van der Waals surface area contributed by atoms with Crippen LogP contribution in [0.4, 0.5) is 5.95 Å². The zero-order chi connectivity index (χ0) is 13.8. The second-order valence-electron chi connectivity index (χ2n) is 5.02. The molecule has 19 heavy (non-hydrogen) atoms. The fraction of sp³-hybridized carbons (Fsp3) is 0.615. The quantitative estimate of drug-likeness (QED) is 0.373. The van der Waals surface area contributed by atoms with Gasteiger partial charge in [-0.25, -0.2) is 9.97 Å². The number of anilines is 1. The van der Waals surface area contributed by atoms with Crippen molar-refractivity contribution in [2.75, 3.05) is 18.0 Å². The van der Waals surface area contributed by atoms with Gasteiger partial charge in [-0.15, -0.1) is 0 Å². The topological polar surface area (TPSA) is 87.6 Å². The minimum Gasteiger partial charge on any atom is -0.409 e. The van der Waals surface area contributed by atoms with Crippen molar-refractivity contribution in [2.24, 2.45) is 16.8 Å². The lowest BCUT2D eigenvalue weighted by Crippen LogP contribution is -2.35. The number of hydrogen-bond acceptors (Lipinski definition) is 5. The van der Waals surface area contributed by atoms with Gasteiger partial charge in [-0.05, 0) is 31.7 Å². The average Bonchev–Trinajstić information content (AvgIpc) is 2.45. The summed E-state index contributed by atoms with van der Waals surface area (Å²) >= 11 is 0. The molecule has 0 saturated carbocycles. The van der Waals surface area contributed by atoms with E-state index in [4.69, 9.17) is 10.9 Å². The third kappa shape index (κ3) is 3.13. The highest BCUT2D eigenvalue weighted by atomic mass is 16.4. The van der Waals surface area contributed by atoms with Gasteiger partial charge in [0.05, 0.1) is 0 Å². The Bertz CT molecular complexity index is 466. The van der Waals surface area contributed by atoms with E-state index < -0.39 is 0 Å². The highest BCUT2D eigenvalue weighted by Crippen LogP contribution is 2.23. The molecule has 1 saturated heterocycles. The number of hydrogen-bond donors (Lipinski definition) is 2. The second kappa shape index (κ2) is 5.86.